The van der Waals surface area contributed by atoms with Gasteiger partial charge in [-0.2, -0.15) is 0 Å². The number of carbonyl (C=O) groups is 1. The van der Waals surface area contributed by atoms with Gasteiger partial charge in [0.25, 0.3) is 0 Å². The van der Waals surface area contributed by atoms with E-state index in [0.717, 1.165) is 13.0 Å². The second-order valence-electron chi connectivity index (χ2n) is 7.98. The molecule has 122 valence electrons. The lowest BCUT2D eigenvalue weighted by Crippen LogP contribution is -2.59. The maximum Gasteiger partial charge on any atom is 0.241 e. The largest absolute Gasteiger partial charge is 0.324 e. The van der Waals surface area contributed by atoms with Crippen LogP contribution in [0.5, 0.6) is 0 Å². The molecule has 0 aromatic carbocycles. The third-order valence-electron chi connectivity index (χ3n) is 5.33. The molecule has 1 amide bonds. The van der Waals surface area contributed by atoms with Gasteiger partial charge in [0.15, 0.2) is 0 Å². The normalized spacial score (nSPS) is 28.8. The van der Waals surface area contributed by atoms with E-state index in [2.05, 4.69) is 56.9 Å². The molecule has 2 fully saturated rings. The smallest absolute Gasteiger partial charge is 0.241 e. The van der Waals surface area contributed by atoms with Gasteiger partial charge < -0.3 is 9.80 Å². The molecule has 1 heterocycles. The van der Waals surface area contributed by atoms with Crippen molar-refractivity contribution in [3.05, 3.63) is 0 Å². The molecular formula is C17H33N3O. The van der Waals surface area contributed by atoms with E-state index in [4.69, 9.17) is 0 Å². The predicted octanol–water partition coefficient (Wildman–Crippen LogP) is 2.30. The van der Waals surface area contributed by atoms with E-state index in [9.17, 15) is 4.79 Å². The molecule has 1 aliphatic carbocycles. The molecule has 0 bridgehead atoms. The van der Waals surface area contributed by atoms with Crippen LogP contribution in [-0.4, -0.2) is 54.1 Å². The van der Waals surface area contributed by atoms with E-state index >= 15 is 0 Å². The predicted molar refractivity (Wildman–Crippen MR) is 87.0 cm³/mol. The zero-order valence-electron chi connectivity index (χ0n) is 14.6. The Labute approximate surface area is 130 Å². The van der Waals surface area contributed by atoms with E-state index in [-0.39, 0.29) is 17.7 Å². The van der Waals surface area contributed by atoms with Gasteiger partial charge in [0.2, 0.25) is 5.91 Å². The van der Waals surface area contributed by atoms with Crippen LogP contribution in [0.15, 0.2) is 0 Å². The molecule has 1 saturated heterocycles. The Kier molecular flexibility index (Phi) is 4.99. The van der Waals surface area contributed by atoms with Crippen LogP contribution in [-0.2, 0) is 4.79 Å². The number of hydrogen-bond donors (Lipinski definition) is 1. The van der Waals surface area contributed by atoms with Crippen LogP contribution in [0.1, 0.15) is 53.4 Å². The second-order valence-corrected chi connectivity index (χ2v) is 7.98. The number of amides is 1. The summed E-state index contributed by atoms with van der Waals surface area (Å²) in [5.41, 5.74) is 0.206. The summed E-state index contributed by atoms with van der Waals surface area (Å²) in [6, 6.07) is 0.0108. The molecule has 2 rings (SSSR count). The molecule has 4 heteroatoms. The minimum absolute atomic E-state index is 0.0108. The van der Waals surface area contributed by atoms with Crippen molar-refractivity contribution in [1.82, 2.24) is 15.1 Å². The number of nitrogens with one attached hydrogen (secondary N) is 1. The van der Waals surface area contributed by atoms with Gasteiger partial charge in [-0.15, -0.1) is 0 Å². The van der Waals surface area contributed by atoms with Crippen molar-refractivity contribution in [2.75, 3.05) is 20.6 Å². The van der Waals surface area contributed by atoms with E-state index in [1.165, 1.54) is 19.3 Å². The lowest BCUT2D eigenvalue weighted by atomic mass is 9.75. The summed E-state index contributed by atoms with van der Waals surface area (Å²) in [5, 5.41) is 3.59. The fourth-order valence-electron chi connectivity index (χ4n) is 3.72. The number of nitrogens with zero attached hydrogens (tertiary/aromatic N) is 2. The fraction of sp³-hybridized carbons (Fsp3) is 0.941. The van der Waals surface area contributed by atoms with Crippen LogP contribution in [0.2, 0.25) is 0 Å². The van der Waals surface area contributed by atoms with Gasteiger partial charge in [-0.1, -0.05) is 27.7 Å². The average molecular weight is 295 g/mol. The van der Waals surface area contributed by atoms with Crippen LogP contribution in [0.3, 0.4) is 0 Å². The summed E-state index contributed by atoms with van der Waals surface area (Å²) >= 11 is 0. The van der Waals surface area contributed by atoms with Crippen molar-refractivity contribution in [1.29, 1.82) is 0 Å². The van der Waals surface area contributed by atoms with Crippen molar-refractivity contribution in [3.8, 4) is 0 Å². The Bertz CT molecular complexity index is 374. The number of likely N-dealkylation sites (N-methyl/N-ethyl adjacent to an activating group) is 1. The van der Waals surface area contributed by atoms with Crippen molar-refractivity contribution in [2.24, 2.45) is 11.8 Å². The molecule has 1 N–H and O–H groups in total. The molecule has 21 heavy (non-hydrogen) atoms. The summed E-state index contributed by atoms with van der Waals surface area (Å²) in [4.78, 5) is 17.3. The maximum atomic E-state index is 12.8. The third kappa shape index (κ3) is 3.26. The first-order valence-corrected chi connectivity index (χ1v) is 8.51. The highest BCUT2D eigenvalue weighted by molar-refractivity contribution is 5.84. The zero-order chi connectivity index (χ0) is 15.8. The first-order valence-electron chi connectivity index (χ1n) is 8.51. The monoisotopic (exact) mass is 295 g/mol. The quantitative estimate of drug-likeness (QED) is 0.817. The fourth-order valence-corrected chi connectivity index (χ4v) is 3.72. The average Bonchev–Trinajstić information content (AvgIpc) is 2.60. The van der Waals surface area contributed by atoms with Crippen LogP contribution >= 0.6 is 0 Å². The molecule has 0 radical (unpaired) electrons. The molecule has 2 unspecified atom stereocenters. The molecule has 0 aromatic heterocycles. The van der Waals surface area contributed by atoms with Gasteiger partial charge in [-0.25, -0.2) is 0 Å². The molecule has 2 atom stereocenters. The lowest BCUT2D eigenvalue weighted by molar-refractivity contribution is -0.134. The molecule has 4 nitrogen and oxygen atoms in total. The summed E-state index contributed by atoms with van der Waals surface area (Å²) < 4.78 is 0. The van der Waals surface area contributed by atoms with E-state index in [1.54, 1.807) is 0 Å². The van der Waals surface area contributed by atoms with E-state index in [1.807, 2.05) is 0 Å². The van der Waals surface area contributed by atoms with Gasteiger partial charge in [-0.3, -0.25) is 10.1 Å². The number of carbonyl (C=O) groups excluding carboxylic acids is 1. The molecular weight excluding hydrogens is 262 g/mol. The van der Waals surface area contributed by atoms with Gasteiger partial charge in [0.05, 0.1) is 12.2 Å². The zero-order valence-corrected chi connectivity index (χ0v) is 14.6. The van der Waals surface area contributed by atoms with Crippen molar-refractivity contribution in [2.45, 2.75) is 71.1 Å². The maximum absolute atomic E-state index is 12.8. The number of hydrogen-bond acceptors (Lipinski definition) is 3. The van der Waals surface area contributed by atoms with Gasteiger partial charge in [0, 0.05) is 12.1 Å². The minimum atomic E-state index is 0.0108. The number of rotatable bonds is 6. The Balaban J connectivity index is 2.13. The highest BCUT2D eigenvalue weighted by Gasteiger charge is 2.47. The minimum Gasteiger partial charge on any atom is -0.324 e. The van der Waals surface area contributed by atoms with Crippen LogP contribution in [0, 0.1) is 11.8 Å². The Morgan fingerprint density at radius 1 is 1.29 bits per heavy atom. The van der Waals surface area contributed by atoms with Crippen molar-refractivity contribution < 1.29 is 4.79 Å². The Morgan fingerprint density at radius 2 is 1.90 bits per heavy atom. The Hall–Kier alpha value is -0.610. The van der Waals surface area contributed by atoms with Crippen LogP contribution in [0.25, 0.3) is 0 Å². The van der Waals surface area contributed by atoms with Gasteiger partial charge >= 0.3 is 0 Å². The third-order valence-corrected chi connectivity index (χ3v) is 5.33. The lowest BCUT2D eigenvalue weighted by Gasteiger charge is -2.50. The van der Waals surface area contributed by atoms with Crippen LogP contribution < -0.4 is 5.32 Å². The standard InChI is InChI=1S/C17H33N3O/c1-12(2)10-14-16(21)20(15(18-14)13(3)4)11-17(19(5)6)8-7-9-17/h12-15,18H,7-11H2,1-6H3. The molecule has 1 saturated carbocycles. The highest BCUT2D eigenvalue weighted by atomic mass is 16.2. The molecule has 2 aliphatic rings. The molecule has 0 spiro atoms. The SMILES string of the molecule is CC(C)CC1NC(C(C)C)N(CC2(N(C)C)CCC2)C1=O. The summed E-state index contributed by atoms with van der Waals surface area (Å²) in [5.74, 6) is 1.31. The first kappa shape index (κ1) is 16.8. The topological polar surface area (TPSA) is 35.6 Å². The highest BCUT2D eigenvalue weighted by Crippen LogP contribution is 2.38. The van der Waals surface area contributed by atoms with E-state index < -0.39 is 0 Å². The van der Waals surface area contributed by atoms with Crippen molar-refractivity contribution >= 4 is 5.91 Å². The second kappa shape index (κ2) is 6.25. The molecule has 1 aliphatic heterocycles. The summed E-state index contributed by atoms with van der Waals surface area (Å²) in [7, 11) is 4.31. The first-order chi connectivity index (χ1) is 9.77. The Morgan fingerprint density at radius 3 is 2.29 bits per heavy atom. The van der Waals surface area contributed by atoms with E-state index in [0.29, 0.717) is 17.7 Å². The van der Waals surface area contributed by atoms with Crippen molar-refractivity contribution in [3.63, 3.8) is 0 Å². The summed E-state index contributed by atoms with van der Waals surface area (Å²) in [6.45, 7) is 9.67. The molecule has 0 aromatic rings. The summed E-state index contributed by atoms with van der Waals surface area (Å²) in [6.07, 6.45) is 4.84. The van der Waals surface area contributed by atoms with Gasteiger partial charge in [-0.05, 0) is 51.6 Å². The van der Waals surface area contributed by atoms with Crippen LogP contribution in [0.4, 0.5) is 0 Å². The van der Waals surface area contributed by atoms with Gasteiger partial charge in [0.1, 0.15) is 0 Å².